The second kappa shape index (κ2) is 10.7. The van der Waals surface area contributed by atoms with Crippen molar-refractivity contribution in [2.24, 2.45) is 0 Å². The number of alkyl carbamates (subject to hydrolysis) is 2. The van der Waals surface area contributed by atoms with Crippen molar-refractivity contribution >= 4 is 26.5 Å². The molecule has 9 nitrogen and oxygen atoms in total. The van der Waals surface area contributed by atoms with Crippen LogP contribution in [0, 0.1) is 0 Å². The Balaban J connectivity index is 5.46. The van der Waals surface area contributed by atoms with Crippen molar-refractivity contribution in [1.29, 1.82) is 0 Å². The first kappa shape index (κ1) is 29.2. The summed E-state index contributed by atoms with van der Waals surface area (Å²) < 4.78 is 16.8. The van der Waals surface area contributed by atoms with Gasteiger partial charge in [-0.15, -0.1) is 0 Å². The van der Waals surface area contributed by atoms with Gasteiger partial charge in [-0.3, -0.25) is 0 Å². The fraction of sp³-hybridized carbons (Fsp3) is 0.857. The topological polar surface area (TPSA) is 123 Å². The largest absolute Gasteiger partial charge is 0.480 e. The minimum Gasteiger partial charge on any atom is -0.480 e. The molecule has 0 aromatic heterocycles. The summed E-state index contributed by atoms with van der Waals surface area (Å²) in [5, 5.41) is 14.5. The van der Waals surface area contributed by atoms with Crippen LogP contribution in [0.25, 0.3) is 0 Å². The molecule has 3 N–H and O–H groups in total. The Bertz CT molecular complexity index is 631. The average Bonchev–Trinajstić information content (AvgIpc) is 2.46. The van der Waals surface area contributed by atoms with Crippen molar-refractivity contribution in [3.05, 3.63) is 0 Å². The third-order valence-electron chi connectivity index (χ3n) is 4.63. The van der Waals surface area contributed by atoms with Gasteiger partial charge in [-0.25, -0.2) is 14.4 Å². The fourth-order valence-corrected chi connectivity index (χ4v) is 3.58. The molecule has 0 heterocycles. The molecular weight excluding hydrogens is 420 g/mol. The minimum atomic E-state index is -2.30. The average molecular weight is 463 g/mol. The van der Waals surface area contributed by atoms with Crippen molar-refractivity contribution in [3.63, 3.8) is 0 Å². The standard InChI is InChI=1S/C21H42N2O7Si/c1-19(2,3)28-17(26)22-13-14(30-31(10,11)21(7,8)9)12-15(16(24)25)23-18(27)29-20(4,5)6/h14-15H,12-13H2,1-11H3,(H,22,26)(H,23,27)(H,24,25)/t14-,15+/m1/s1. The monoisotopic (exact) mass is 462 g/mol. The predicted octanol–water partition coefficient (Wildman–Crippen LogP) is 4.27. The zero-order valence-corrected chi connectivity index (χ0v) is 22.0. The highest BCUT2D eigenvalue weighted by Gasteiger charge is 2.40. The van der Waals surface area contributed by atoms with Gasteiger partial charge in [0.15, 0.2) is 8.32 Å². The summed E-state index contributed by atoms with van der Waals surface area (Å²) >= 11 is 0. The van der Waals surface area contributed by atoms with Gasteiger partial charge in [0.2, 0.25) is 0 Å². The van der Waals surface area contributed by atoms with Crippen molar-refractivity contribution in [2.45, 2.75) is 110 Å². The van der Waals surface area contributed by atoms with E-state index in [4.69, 9.17) is 13.9 Å². The smallest absolute Gasteiger partial charge is 0.408 e. The lowest BCUT2D eigenvalue weighted by atomic mass is 10.1. The molecule has 182 valence electrons. The molecule has 0 spiro atoms. The van der Waals surface area contributed by atoms with Gasteiger partial charge in [-0.1, -0.05) is 20.8 Å². The summed E-state index contributed by atoms with van der Waals surface area (Å²) in [6, 6.07) is -1.25. The summed E-state index contributed by atoms with van der Waals surface area (Å²) in [5.41, 5.74) is -1.43. The van der Waals surface area contributed by atoms with E-state index in [9.17, 15) is 19.5 Å². The van der Waals surface area contributed by atoms with Crippen LogP contribution >= 0.6 is 0 Å². The van der Waals surface area contributed by atoms with Gasteiger partial charge in [-0.2, -0.15) is 0 Å². The van der Waals surface area contributed by atoms with Gasteiger partial charge in [-0.05, 0) is 59.7 Å². The number of carbonyl (C=O) groups excluding carboxylic acids is 2. The number of amides is 2. The quantitative estimate of drug-likeness (QED) is 0.460. The molecule has 0 bridgehead atoms. The highest BCUT2D eigenvalue weighted by Crippen LogP contribution is 2.37. The molecule has 0 saturated heterocycles. The van der Waals surface area contributed by atoms with Crippen LogP contribution in [0.2, 0.25) is 18.1 Å². The molecule has 0 rings (SSSR count). The van der Waals surface area contributed by atoms with Crippen molar-refractivity contribution in [1.82, 2.24) is 10.6 Å². The maximum Gasteiger partial charge on any atom is 0.408 e. The fourth-order valence-electron chi connectivity index (χ4n) is 2.21. The van der Waals surface area contributed by atoms with Gasteiger partial charge in [0.1, 0.15) is 17.2 Å². The maximum absolute atomic E-state index is 12.1. The Morgan fingerprint density at radius 2 is 1.32 bits per heavy atom. The number of hydrogen-bond acceptors (Lipinski definition) is 6. The van der Waals surface area contributed by atoms with Crippen LogP contribution in [-0.2, 0) is 18.7 Å². The van der Waals surface area contributed by atoms with Crippen molar-refractivity contribution in [3.8, 4) is 0 Å². The summed E-state index contributed by atoms with van der Waals surface area (Å²) in [6.45, 7) is 20.6. The second-order valence-corrected chi connectivity index (χ2v) is 15.9. The number of aliphatic carboxylic acids is 1. The minimum absolute atomic E-state index is 0.0429. The number of rotatable bonds is 8. The molecule has 0 saturated carbocycles. The molecule has 0 aliphatic heterocycles. The van der Waals surface area contributed by atoms with E-state index in [2.05, 4.69) is 31.4 Å². The molecule has 0 aliphatic rings. The first-order chi connectivity index (χ1) is 13.6. The van der Waals surface area contributed by atoms with E-state index in [1.165, 1.54) is 0 Å². The van der Waals surface area contributed by atoms with Crippen LogP contribution in [0.1, 0.15) is 68.7 Å². The molecule has 0 aromatic carbocycles. The molecular formula is C21H42N2O7Si. The van der Waals surface area contributed by atoms with Gasteiger partial charge in [0.25, 0.3) is 0 Å². The van der Waals surface area contributed by atoms with Crippen LogP contribution in [0.3, 0.4) is 0 Å². The summed E-state index contributed by atoms with van der Waals surface area (Å²) in [4.78, 5) is 36.0. The van der Waals surface area contributed by atoms with E-state index in [0.717, 1.165) is 0 Å². The number of hydrogen-bond donors (Lipinski definition) is 3. The Kier molecular flexibility index (Phi) is 10.0. The number of carboxylic acid groups (broad SMARTS) is 1. The molecule has 0 fully saturated rings. The Morgan fingerprint density at radius 3 is 1.71 bits per heavy atom. The lowest BCUT2D eigenvalue weighted by Gasteiger charge is -2.40. The van der Waals surface area contributed by atoms with Crippen LogP contribution in [0.15, 0.2) is 0 Å². The van der Waals surface area contributed by atoms with E-state index >= 15 is 0 Å². The number of ether oxygens (including phenoxy) is 2. The van der Waals surface area contributed by atoms with E-state index in [1.807, 2.05) is 13.1 Å². The first-order valence-electron chi connectivity index (χ1n) is 10.5. The Labute approximate surface area is 187 Å². The van der Waals surface area contributed by atoms with Crippen molar-refractivity contribution < 1.29 is 33.4 Å². The SMILES string of the molecule is CC(C)(C)OC(=O)NC[C@@H](C[C@H](NC(=O)OC(C)(C)C)C(=O)O)O[Si](C)(C)C(C)(C)C. The van der Waals surface area contributed by atoms with Crippen LogP contribution in [0.4, 0.5) is 9.59 Å². The first-order valence-corrected chi connectivity index (χ1v) is 13.4. The second-order valence-electron chi connectivity index (χ2n) is 11.2. The summed E-state index contributed by atoms with van der Waals surface area (Å²) in [7, 11) is -2.30. The van der Waals surface area contributed by atoms with E-state index in [1.54, 1.807) is 41.5 Å². The van der Waals surface area contributed by atoms with Gasteiger partial charge in [0, 0.05) is 13.0 Å². The lowest BCUT2D eigenvalue weighted by molar-refractivity contribution is -0.140. The molecule has 31 heavy (non-hydrogen) atoms. The van der Waals surface area contributed by atoms with Gasteiger partial charge < -0.3 is 29.6 Å². The third-order valence-corrected chi connectivity index (χ3v) is 9.16. The van der Waals surface area contributed by atoms with Crippen LogP contribution in [0.5, 0.6) is 0 Å². The molecule has 0 aliphatic carbocycles. The lowest BCUT2D eigenvalue weighted by Crippen LogP contribution is -2.51. The molecule has 0 unspecified atom stereocenters. The van der Waals surface area contributed by atoms with E-state index in [-0.39, 0.29) is 18.0 Å². The Morgan fingerprint density at radius 1 is 0.871 bits per heavy atom. The number of carbonyl (C=O) groups is 3. The van der Waals surface area contributed by atoms with E-state index in [0.29, 0.717) is 0 Å². The van der Waals surface area contributed by atoms with Crippen LogP contribution < -0.4 is 10.6 Å². The number of carboxylic acids is 1. The molecule has 0 aromatic rings. The molecule has 2 amide bonds. The van der Waals surface area contributed by atoms with Crippen molar-refractivity contribution in [2.75, 3.05) is 6.54 Å². The predicted molar refractivity (Wildman–Crippen MR) is 122 cm³/mol. The van der Waals surface area contributed by atoms with Gasteiger partial charge in [0.05, 0.1) is 6.10 Å². The normalized spacial score (nSPS) is 14.9. The third kappa shape index (κ3) is 12.6. The molecule has 0 radical (unpaired) electrons. The summed E-state index contributed by atoms with van der Waals surface area (Å²) in [5.74, 6) is -1.22. The maximum atomic E-state index is 12.1. The zero-order chi connectivity index (χ0) is 24.8. The summed E-state index contributed by atoms with van der Waals surface area (Å²) in [6.07, 6.45) is -2.14. The van der Waals surface area contributed by atoms with E-state index < -0.39 is 49.8 Å². The number of nitrogens with one attached hydrogen (secondary N) is 2. The highest BCUT2D eigenvalue weighted by molar-refractivity contribution is 6.74. The van der Waals surface area contributed by atoms with Gasteiger partial charge >= 0.3 is 18.2 Å². The molecule has 2 atom stereocenters. The molecule has 10 heteroatoms. The Hall–Kier alpha value is -1.81. The van der Waals surface area contributed by atoms with Crippen LogP contribution in [-0.4, -0.2) is 61.5 Å². The highest BCUT2D eigenvalue weighted by atomic mass is 28.4. The zero-order valence-electron chi connectivity index (χ0n) is 21.0.